The molecule has 2 N–H and O–H groups in total. The van der Waals surface area contributed by atoms with Crippen molar-refractivity contribution in [2.24, 2.45) is 10.9 Å². The molecular weight excluding hydrogens is 288 g/mol. The van der Waals surface area contributed by atoms with E-state index < -0.39 is 0 Å². The summed E-state index contributed by atoms with van der Waals surface area (Å²) in [6.45, 7) is 6.77. The van der Waals surface area contributed by atoms with Gasteiger partial charge in [-0.05, 0) is 30.4 Å². The standard InChI is InChI=1S/C18H28N4O/c1-14(2)13-21-18(19-3)20-11-6-9-17(23)22-12-10-15-7-4-5-8-16(15)22/h4-5,7-8,14H,6,9-13H2,1-3H3,(H2,19,20,21). The summed E-state index contributed by atoms with van der Waals surface area (Å²) in [5.41, 5.74) is 2.36. The first kappa shape index (κ1) is 17.3. The lowest BCUT2D eigenvalue weighted by atomic mass is 10.2. The van der Waals surface area contributed by atoms with Crippen LogP contribution in [0.4, 0.5) is 5.69 Å². The molecule has 0 radical (unpaired) electrons. The highest BCUT2D eigenvalue weighted by Crippen LogP contribution is 2.27. The number of guanidine groups is 1. The highest BCUT2D eigenvalue weighted by molar-refractivity contribution is 5.95. The Morgan fingerprint density at radius 3 is 2.83 bits per heavy atom. The van der Waals surface area contributed by atoms with Crippen LogP contribution in [0.15, 0.2) is 29.3 Å². The minimum absolute atomic E-state index is 0.210. The number of nitrogens with zero attached hydrogens (tertiary/aromatic N) is 2. The number of hydrogen-bond donors (Lipinski definition) is 2. The van der Waals surface area contributed by atoms with E-state index in [1.165, 1.54) is 5.56 Å². The highest BCUT2D eigenvalue weighted by atomic mass is 16.2. The van der Waals surface area contributed by atoms with Gasteiger partial charge in [0.15, 0.2) is 5.96 Å². The predicted octanol–water partition coefficient (Wildman–Crippen LogP) is 2.18. The average molecular weight is 316 g/mol. The van der Waals surface area contributed by atoms with E-state index in [4.69, 9.17) is 0 Å². The molecule has 0 bridgehead atoms. The molecule has 126 valence electrons. The molecule has 1 heterocycles. The maximum Gasteiger partial charge on any atom is 0.227 e. The number of benzene rings is 1. The molecule has 0 saturated heterocycles. The summed E-state index contributed by atoms with van der Waals surface area (Å²) in [5.74, 6) is 1.59. The summed E-state index contributed by atoms with van der Waals surface area (Å²) in [7, 11) is 1.77. The molecule has 1 aromatic rings. The van der Waals surface area contributed by atoms with E-state index in [1.807, 2.05) is 23.1 Å². The number of fused-ring (bicyclic) bond motifs is 1. The molecule has 0 spiro atoms. The van der Waals surface area contributed by atoms with Gasteiger partial charge in [0, 0.05) is 38.8 Å². The van der Waals surface area contributed by atoms with Crippen molar-refractivity contribution in [2.45, 2.75) is 33.1 Å². The molecule has 0 saturated carbocycles. The van der Waals surface area contributed by atoms with Crippen molar-refractivity contribution in [3.8, 4) is 0 Å². The maximum absolute atomic E-state index is 12.4. The fraction of sp³-hybridized carbons (Fsp3) is 0.556. The normalized spacial score (nSPS) is 14.1. The number of para-hydroxylation sites is 1. The minimum atomic E-state index is 0.210. The van der Waals surface area contributed by atoms with Crippen LogP contribution in [0.3, 0.4) is 0 Å². The van der Waals surface area contributed by atoms with Crippen LogP contribution in [-0.2, 0) is 11.2 Å². The number of aliphatic imine (C=N–C) groups is 1. The first-order valence-electron chi connectivity index (χ1n) is 8.44. The van der Waals surface area contributed by atoms with Crippen LogP contribution in [0, 0.1) is 5.92 Å². The average Bonchev–Trinajstić information content (AvgIpc) is 2.98. The second-order valence-corrected chi connectivity index (χ2v) is 6.30. The molecule has 2 rings (SSSR count). The van der Waals surface area contributed by atoms with Crippen LogP contribution >= 0.6 is 0 Å². The molecule has 0 aliphatic carbocycles. The van der Waals surface area contributed by atoms with Gasteiger partial charge in [0.05, 0.1) is 0 Å². The quantitative estimate of drug-likeness (QED) is 0.480. The summed E-state index contributed by atoms with van der Waals surface area (Å²) in [6.07, 6.45) is 2.33. The fourth-order valence-electron chi connectivity index (χ4n) is 2.70. The maximum atomic E-state index is 12.4. The Morgan fingerprint density at radius 2 is 2.09 bits per heavy atom. The Morgan fingerprint density at radius 1 is 1.30 bits per heavy atom. The number of amides is 1. The molecule has 23 heavy (non-hydrogen) atoms. The van der Waals surface area contributed by atoms with Gasteiger partial charge in [0.1, 0.15) is 0 Å². The van der Waals surface area contributed by atoms with Gasteiger partial charge in [-0.2, -0.15) is 0 Å². The van der Waals surface area contributed by atoms with Crippen LogP contribution in [-0.4, -0.2) is 38.5 Å². The predicted molar refractivity (Wildman–Crippen MR) is 95.9 cm³/mol. The first-order valence-corrected chi connectivity index (χ1v) is 8.44. The Hall–Kier alpha value is -2.04. The van der Waals surface area contributed by atoms with Gasteiger partial charge in [-0.15, -0.1) is 0 Å². The SMILES string of the molecule is CN=C(NCCCC(=O)N1CCc2ccccc21)NCC(C)C. The molecule has 1 amide bonds. The van der Waals surface area contributed by atoms with E-state index in [0.717, 1.165) is 44.1 Å². The zero-order valence-electron chi connectivity index (χ0n) is 14.4. The largest absolute Gasteiger partial charge is 0.356 e. The number of hydrogen-bond acceptors (Lipinski definition) is 2. The third-order valence-corrected chi connectivity index (χ3v) is 3.95. The summed E-state index contributed by atoms with van der Waals surface area (Å²) in [5, 5.41) is 6.53. The van der Waals surface area contributed by atoms with Crippen LogP contribution in [0.2, 0.25) is 0 Å². The van der Waals surface area contributed by atoms with Crippen molar-refractivity contribution in [1.29, 1.82) is 0 Å². The summed E-state index contributed by atoms with van der Waals surface area (Å²) >= 11 is 0. The van der Waals surface area contributed by atoms with Crippen LogP contribution in [0.25, 0.3) is 0 Å². The number of rotatable bonds is 6. The van der Waals surface area contributed by atoms with E-state index in [1.54, 1.807) is 7.05 Å². The molecule has 0 aromatic heterocycles. The Balaban J connectivity index is 1.71. The van der Waals surface area contributed by atoms with Gasteiger partial charge < -0.3 is 15.5 Å². The van der Waals surface area contributed by atoms with Gasteiger partial charge in [0.25, 0.3) is 0 Å². The molecule has 0 fully saturated rings. The van der Waals surface area contributed by atoms with Crippen molar-refractivity contribution in [2.75, 3.05) is 31.6 Å². The van der Waals surface area contributed by atoms with Gasteiger partial charge in [-0.3, -0.25) is 9.79 Å². The van der Waals surface area contributed by atoms with Gasteiger partial charge in [-0.1, -0.05) is 32.0 Å². The second-order valence-electron chi connectivity index (χ2n) is 6.30. The van der Waals surface area contributed by atoms with Gasteiger partial charge in [-0.25, -0.2) is 0 Å². The monoisotopic (exact) mass is 316 g/mol. The van der Waals surface area contributed by atoms with Gasteiger partial charge in [0.2, 0.25) is 5.91 Å². The molecule has 1 aliphatic heterocycles. The lowest BCUT2D eigenvalue weighted by Crippen LogP contribution is -2.39. The molecule has 1 aliphatic rings. The van der Waals surface area contributed by atoms with Crippen molar-refractivity contribution in [3.05, 3.63) is 29.8 Å². The van der Waals surface area contributed by atoms with Gasteiger partial charge >= 0.3 is 0 Å². The highest BCUT2D eigenvalue weighted by Gasteiger charge is 2.23. The van der Waals surface area contributed by atoms with Crippen molar-refractivity contribution in [1.82, 2.24) is 10.6 Å². The summed E-state index contributed by atoms with van der Waals surface area (Å²) in [6, 6.07) is 8.17. The lowest BCUT2D eigenvalue weighted by molar-refractivity contribution is -0.118. The molecule has 0 unspecified atom stereocenters. The fourth-order valence-corrected chi connectivity index (χ4v) is 2.70. The molecular formula is C18H28N4O. The van der Waals surface area contributed by atoms with E-state index in [0.29, 0.717) is 12.3 Å². The molecule has 5 nitrogen and oxygen atoms in total. The topological polar surface area (TPSA) is 56.7 Å². The minimum Gasteiger partial charge on any atom is -0.356 e. The van der Waals surface area contributed by atoms with Crippen LogP contribution < -0.4 is 15.5 Å². The molecule has 1 aromatic carbocycles. The number of nitrogens with one attached hydrogen (secondary N) is 2. The van der Waals surface area contributed by atoms with Crippen LogP contribution in [0.5, 0.6) is 0 Å². The Labute approximate surface area is 139 Å². The van der Waals surface area contributed by atoms with Crippen molar-refractivity contribution < 1.29 is 4.79 Å². The second kappa shape index (κ2) is 8.56. The Bertz CT molecular complexity index is 554. The zero-order chi connectivity index (χ0) is 16.7. The number of anilines is 1. The number of carbonyl (C=O) groups excluding carboxylic acids is 1. The molecule has 0 atom stereocenters. The molecule has 5 heteroatoms. The number of carbonyl (C=O) groups is 1. The van der Waals surface area contributed by atoms with Crippen molar-refractivity contribution >= 4 is 17.6 Å². The van der Waals surface area contributed by atoms with Crippen LogP contribution in [0.1, 0.15) is 32.3 Å². The van der Waals surface area contributed by atoms with E-state index in [9.17, 15) is 4.79 Å². The summed E-state index contributed by atoms with van der Waals surface area (Å²) < 4.78 is 0. The third kappa shape index (κ3) is 4.98. The first-order chi connectivity index (χ1) is 11.1. The van der Waals surface area contributed by atoms with E-state index in [2.05, 4.69) is 35.5 Å². The van der Waals surface area contributed by atoms with E-state index >= 15 is 0 Å². The Kier molecular flexibility index (Phi) is 6.44. The van der Waals surface area contributed by atoms with Crippen molar-refractivity contribution in [3.63, 3.8) is 0 Å². The third-order valence-electron chi connectivity index (χ3n) is 3.95. The summed E-state index contributed by atoms with van der Waals surface area (Å²) in [4.78, 5) is 18.5. The smallest absolute Gasteiger partial charge is 0.227 e. The zero-order valence-corrected chi connectivity index (χ0v) is 14.4. The van der Waals surface area contributed by atoms with E-state index in [-0.39, 0.29) is 5.91 Å². The lowest BCUT2D eigenvalue weighted by Gasteiger charge is -2.18.